The smallest absolute Gasteiger partial charge is 0.188 e. The van der Waals surface area contributed by atoms with Gasteiger partial charge < -0.3 is 23.7 Å². The molecule has 0 aliphatic carbocycles. The summed E-state index contributed by atoms with van der Waals surface area (Å²) in [7, 11) is 3.24. The highest BCUT2D eigenvalue weighted by molar-refractivity contribution is 5.33. The summed E-state index contributed by atoms with van der Waals surface area (Å²) < 4.78 is 27.3. The molecule has 0 radical (unpaired) electrons. The first kappa shape index (κ1) is 25.2. The van der Waals surface area contributed by atoms with E-state index < -0.39 is 0 Å². The van der Waals surface area contributed by atoms with Gasteiger partial charge in [-0.15, -0.1) is 0 Å². The van der Waals surface area contributed by atoms with Crippen LogP contribution in [0.4, 0.5) is 0 Å². The third kappa shape index (κ3) is 6.96. The quantitative estimate of drug-likeness (QED) is 0.360. The van der Waals surface area contributed by atoms with Gasteiger partial charge >= 0.3 is 0 Å². The molecule has 0 heterocycles. The van der Waals surface area contributed by atoms with Gasteiger partial charge in [-0.25, -0.2) is 0 Å². The van der Waals surface area contributed by atoms with Crippen molar-refractivity contribution >= 4 is 0 Å². The van der Waals surface area contributed by atoms with Crippen molar-refractivity contribution in [3.05, 3.63) is 59.7 Å². The first-order valence-corrected chi connectivity index (χ1v) is 10.9. The fraction of sp³-hybridized carbons (Fsp3) is 0.538. The van der Waals surface area contributed by atoms with Gasteiger partial charge in [0, 0.05) is 25.0 Å². The van der Waals surface area contributed by atoms with Gasteiger partial charge in [-0.05, 0) is 48.2 Å². The zero-order chi connectivity index (χ0) is 22.7. The van der Waals surface area contributed by atoms with Gasteiger partial charge in [0.05, 0.1) is 13.2 Å². The Balaban J connectivity index is 2.01. The molecule has 2 atom stereocenters. The molecule has 31 heavy (non-hydrogen) atoms. The first-order valence-electron chi connectivity index (χ1n) is 10.9. The lowest BCUT2D eigenvalue weighted by Crippen LogP contribution is -2.33. The molecule has 0 N–H and O–H groups in total. The normalized spacial score (nSPS) is 15.2. The van der Waals surface area contributed by atoms with E-state index in [0.717, 1.165) is 24.3 Å². The van der Waals surface area contributed by atoms with E-state index in [0.29, 0.717) is 13.2 Å². The molecule has 5 nitrogen and oxygen atoms in total. The average Bonchev–Trinajstić information content (AvgIpc) is 2.81. The molecule has 0 spiro atoms. The zero-order valence-corrected chi connectivity index (χ0v) is 19.9. The lowest BCUT2D eigenvalue weighted by Gasteiger charge is -2.33. The highest BCUT2D eigenvalue weighted by atomic mass is 16.7. The van der Waals surface area contributed by atoms with Crippen molar-refractivity contribution in [2.45, 2.75) is 51.4 Å². The molecular weight excluding hydrogens is 392 g/mol. The van der Waals surface area contributed by atoms with Gasteiger partial charge in [-0.1, -0.05) is 52.0 Å². The minimum Gasteiger partial charge on any atom is -0.468 e. The lowest BCUT2D eigenvalue weighted by atomic mass is 9.79. The Morgan fingerprint density at radius 1 is 0.613 bits per heavy atom. The molecule has 0 aliphatic heterocycles. The third-order valence-corrected chi connectivity index (χ3v) is 6.19. The number of methoxy groups -OCH3 is 2. The van der Waals surface area contributed by atoms with Crippen molar-refractivity contribution < 1.29 is 23.7 Å². The molecular formula is C26H38O5. The minimum absolute atomic E-state index is 0.0632. The lowest BCUT2D eigenvalue weighted by molar-refractivity contribution is 0.0490. The van der Waals surface area contributed by atoms with Crippen molar-refractivity contribution in [3.63, 3.8) is 0 Å². The molecule has 0 fully saturated rings. The maximum atomic E-state index is 6.34. The van der Waals surface area contributed by atoms with E-state index in [9.17, 15) is 0 Å². The van der Waals surface area contributed by atoms with Crippen LogP contribution in [0.1, 0.15) is 51.7 Å². The summed E-state index contributed by atoms with van der Waals surface area (Å²) in [5, 5.41) is 0. The monoisotopic (exact) mass is 430 g/mol. The fourth-order valence-electron chi connectivity index (χ4n) is 3.44. The van der Waals surface area contributed by atoms with Gasteiger partial charge in [0.1, 0.15) is 11.5 Å². The second kappa shape index (κ2) is 12.1. The summed E-state index contributed by atoms with van der Waals surface area (Å²) >= 11 is 0. The van der Waals surface area contributed by atoms with Crippen molar-refractivity contribution in [2.24, 2.45) is 0 Å². The Bertz CT molecular complexity index is 693. The molecule has 172 valence electrons. The van der Waals surface area contributed by atoms with E-state index in [-0.39, 0.29) is 24.4 Å². The molecule has 0 aliphatic rings. The summed E-state index contributed by atoms with van der Waals surface area (Å²) in [6.45, 7) is 10.7. The van der Waals surface area contributed by atoms with E-state index in [1.54, 1.807) is 14.2 Å². The summed E-state index contributed by atoms with van der Waals surface area (Å²) in [5.41, 5.74) is 2.37. The van der Waals surface area contributed by atoms with Gasteiger partial charge in [-0.3, -0.25) is 0 Å². The Morgan fingerprint density at radius 3 is 1.26 bits per heavy atom. The average molecular weight is 431 g/mol. The Kier molecular flexibility index (Phi) is 9.82. The number of hydrogen-bond donors (Lipinski definition) is 0. The van der Waals surface area contributed by atoms with E-state index in [4.69, 9.17) is 23.7 Å². The molecule has 0 amide bonds. The van der Waals surface area contributed by atoms with Crippen LogP contribution < -0.4 is 9.47 Å². The first-order chi connectivity index (χ1) is 14.9. The van der Waals surface area contributed by atoms with Crippen LogP contribution in [0.15, 0.2) is 48.5 Å². The third-order valence-electron chi connectivity index (χ3n) is 6.19. The van der Waals surface area contributed by atoms with E-state index in [1.165, 1.54) is 11.1 Å². The molecule has 2 rings (SSSR count). The molecule has 0 bridgehead atoms. The van der Waals surface area contributed by atoms with Crippen molar-refractivity contribution in [1.82, 2.24) is 0 Å². The van der Waals surface area contributed by atoms with E-state index >= 15 is 0 Å². The van der Waals surface area contributed by atoms with Crippen LogP contribution in [-0.2, 0) is 25.0 Å². The molecule has 2 aromatic rings. The maximum absolute atomic E-state index is 6.34. The molecule has 0 saturated carbocycles. The Morgan fingerprint density at radius 2 is 0.968 bits per heavy atom. The summed E-state index contributed by atoms with van der Waals surface area (Å²) in [5.74, 6) is 1.61. The summed E-state index contributed by atoms with van der Waals surface area (Å²) in [6, 6.07) is 16.4. The number of rotatable bonds is 14. The molecule has 0 aromatic heterocycles. The van der Waals surface area contributed by atoms with Crippen molar-refractivity contribution in [1.29, 1.82) is 0 Å². The molecule has 2 unspecified atom stereocenters. The van der Waals surface area contributed by atoms with Crippen LogP contribution in [0.2, 0.25) is 0 Å². The van der Waals surface area contributed by atoms with Crippen molar-refractivity contribution in [3.8, 4) is 11.5 Å². The largest absolute Gasteiger partial charge is 0.468 e. The Hall–Kier alpha value is -2.08. The Labute approximate surface area is 187 Å². The topological polar surface area (TPSA) is 46.2 Å². The predicted molar refractivity (Wildman–Crippen MR) is 124 cm³/mol. The highest BCUT2D eigenvalue weighted by Crippen LogP contribution is 2.33. The van der Waals surface area contributed by atoms with E-state index in [2.05, 4.69) is 52.0 Å². The predicted octanol–water partition coefficient (Wildman–Crippen LogP) is 5.70. The van der Waals surface area contributed by atoms with Gasteiger partial charge in [0.25, 0.3) is 0 Å². The van der Waals surface area contributed by atoms with Crippen LogP contribution in [0.25, 0.3) is 0 Å². The van der Waals surface area contributed by atoms with Crippen LogP contribution in [0.5, 0.6) is 11.5 Å². The standard InChI is InChI=1S/C26H38O5/c1-7-25(3,21-9-13-23(14-10-21)30-19-27-5)17-29-18-26(4,8-2)22-11-15-24(16-12-22)31-20-28-6/h9-16H,7-8,17-20H2,1-6H3. The van der Waals surface area contributed by atoms with Crippen LogP contribution in [-0.4, -0.2) is 41.0 Å². The van der Waals surface area contributed by atoms with Gasteiger partial charge in [-0.2, -0.15) is 0 Å². The number of ether oxygens (including phenoxy) is 5. The number of benzene rings is 2. The molecule has 0 saturated heterocycles. The second-order valence-corrected chi connectivity index (χ2v) is 8.47. The summed E-state index contributed by atoms with van der Waals surface area (Å²) in [4.78, 5) is 0. The summed E-state index contributed by atoms with van der Waals surface area (Å²) in [6.07, 6.45) is 1.97. The molecule has 5 heteroatoms. The zero-order valence-electron chi connectivity index (χ0n) is 19.9. The van der Waals surface area contributed by atoms with Gasteiger partial charge in [0.15, 0.2) is 13.6 Å². The maximum Gasteiger partial charge on any atom is 0.188 e. The van der Waals surface area contributed by atoms with Crippen molar-refractivity contribution in [2.75, 3.05) is 41.0 Å². The highest BCUT2D eigenvalue weighted by Gasteiger charge is 2.29. The van der Waals surface area contributed by atoms with Crippen LogP contribution >= 0.6 is 0 Å². The SMILES string of the molecule is CCC(C)(COCC(C)(CC)c1ccc(OCOC)cc1)c1ccc(OCOC)cc1. The molecule has 2 aromatic carbocycles. The van der Waals surface area contributed by atoms with Gasteiger partial charge in [0.2, 0.25) is 0 Å². The number of hydrogen-bond acceptors (Lipinski definition) is 5. The second-order valence-electron chi connectivity index (χ2n) is 8.47. The minimum atomic E-state index is -0.0632. The fourth-order valence-corrected chi connectivity index (χ4v) is 3.44. The van der Waals surface area contributed by atoms with E-state index in [1.807, 2.05) is 24.3 Å². The van der Waals surface area contributed by atoms with Crippen LogP contribution in [0.3, 0.4) is 0 Å². The van der Waals surface area contributed by atoms with Crippen LogP contribution in [0, 0.1) is 0 Å².